The number of hydrogen-bond donors (Lipinski definition) is 0. The quantitative estimate of drug-likeness (QED) is 0.681. The molecule has 0 bridgehead atoms. The number of nitrogens with zero attached hydrogens (tertiary/aromatic N) is 3. The summed E-state index contributed by atoms with van der Waals surface area (Å²) in [5.41, 5.74) is 4.32. The van der Waals surface area contributed by atoms with E-state index in [1.54, 1.807) is 29.2 Å². The zero-order valence-electron chi connectivity index (χ0n) is 15.6. The lowest BCUT2D eigenvalue weighted by atomic mass is 10.1. The molecule has 2 aromatic carbocycles. The molecule has 0 atom stereocenters. The van der Waals surface area contributed by atoms with Gasteiger partial charge in [-0.2, -0.15) is 5.10 Å². The summed E-state index contributed by atoms with van der Waals surface area (Å²) in [6.45, 7) is 1.10. The Balaban J connectivity index is 1.54. The van der Waals surface area contributed by atoms with E-state index in [1.165, 1.54) is 6.26 Å². The van der Waals surface area contributed by atoms with E-state index in [9.17, 15) is 13.2 Å². The van der Waals surface area contributed by atoms with Gasteiger partial charge in [0, 0.05) is 36.9 Å². The third-order valence-electron chi connectivity index (χ3n) is 4.83. The summed E-state index contributed by atoms with van der Waals surface area (Å²) in [7, 11) is -3.14. The molecule has 0 spiro atoms. The molecule has 0 fully saturated rings. The molecule has 1 aromatic heterocycles. The lowest BCUT2D eigenvalue weighted by molar-refractivity contribution is 0.0733. The van der Waals surface area contributed by atoms with Crippen molar-refractivity contribution in [3.8, 4) is 5.69 Å². The van der Waals surface area contributed by atoms with Gasteiger partial charge >= 0.3 is 0 Å². The Kier molecular flexibility index (Phi) is 4.77. The summed E-state index contributed by atoms with van der Waals surface area (Å²) in [5.74, 6) is -0.157. The van der Waals surface area contributed by atoms with Gasteiger partial charge in [-0.05, 0) is 29.8 Å². The average molecular weight is 395 g/mol. The van der Waals surface area contributed by atoms with Crippen LogP contribution in [0.15, 0.2) is 60.8 Å². The van der Waals surface area contributed by atoms with Crippen LogP contribution in [0.3, 0.4) is 0 Å². The largest absolute Gasteiger partial charge is 0.334 e. The molecule has 3 aromatic rings. The second-order valence-corrected chi connectivity index (χ2v) is 9.25. The number of sulfone groups is 1. The molecule has 7 heteroatoms. The van der Waals surface area contributed by atoms with E-state index in [4.69, 9.17) is 0 Å². The minimum Gasteiger partial charge on any atom is -0.334 e. The highest BCUT2D eigenvalue weighted by Gasteiger charge is 2.25. The molecule has 2 heterocycles. The number of aromatic nitrogens is 2. The first kappa shape index (κ1) is 18.4. The molecule has 28 heavy (non-hydrogen) atoms. The van der Waals surface area contributed by atoms with Crippen LogP contribution >= 0.6 is 0 Å². The topological polar surface area (TPSA) is 72.3 Å². The summed E-state index contributed by atoms with van der Waals surface area (Å²) in [5, 5.41) is 4.50. The van der Waals surface area contributed by atoms with Gasteiger partial charge in [0.15, 0.2) is 9.84 Å². The minimum absolute atomic E-state index is 0.0673. The number of fused-ring (bicyclic) bond motifs is 1. The lowest BCUT2D eigenvalue weighted by Crippen LogP contribution is -2.36. The normalized spacial score (nSPS) is 14.0. The molecular formula is C21H21N3O3S. The fourth-order valence-corrected chi connectivity index (χ4v) is 4.36. The Morgan fingerprint density at radius 1 is 1.11 bits per heavy atom. The van der Waals surface area contributed by atoms with Crippen LogP contribution in [0.2, 0.25) is 0 Å². The number of para-hydroxylation sites is 1. The highest BCUT2D eigenvalue weighted by molar-refractivity contribution is 7.89. The number of carbonyl (C=O) groups excluding carboxylic acids is 1. The Hall–Kier alpha value is -2.93. The van der Waals surface area contributed by atoms with Crippen LogP contribution in [0.1, 0.15) is 27.2 Å². The third-order valence-corrected chi connectivity index (χ3v) is 5.68. The van der Waals surface area contributed by atoms with Crippen LogP contribution < -0.4 is 0 Å². The fraction of sp³-hybridized carbons (Fsp3) is 0.238. The van der Waals surface area contributed by atoms with Gasteiger partial charge in [0.25, 0.3) is 5.91 Å². The van der Waals surface area contributed by atoms with Crippen molar-refractivity contribution < 1.29 is 13.2 Å². The van der Waals surface area contributed by atoms with Crippen LogP contribution in [-0.4, -0.2) is 41.8 Å². The minimum atomic E-state index is -3.14. The molecule has 1 aliphatic heterocycles. The van der Waals surface area contributed by atoms with Gasteiger partial charge in [0.2, 0.25) is 0 Å². The number of rotatable bonds is 4. The molecule has 0 saturated carbocycles. The van der Waals surface area contributed by atoms with Crippen LogP contribution in [0.4, 0.5) is 0 Å². The monoisotopic (exact) mass is 395 g/mol. The molecule has 4 rings (SSSR count). The molecule has 0 radical (unpaired) electrons. The van der Waals surface area contributed by atoms with Crippen molar-refractivity contribution in [1.29, 1.82) is 0 Å². The second-order valence-electron chi connectivity index (χ2n) is 7.11. The Morgan fingerprint density at radius 2 is 1.89 bits per heavy atom. The van der Waals surface area contributed by atoms with E-state index in [2.05, 4.69) is 5.10 Å². The van der Waals surface area contributed by atoms with Crippen LogP contribution in [-0.2, 0) is 28.6 Å². The molecule has 1 aliphatic rings. The number of carbonyl (C=O) groups is 1. The maximum absolute atomic E-state index is 13.0. The fourth-order valence-electron chi connectivity index (χ4n) is 3.58. The van der Waals surface area contributed by atoms with Crippen LogP contribution in [0.25, 0.3) is 5.69 Å². The van der Waals surface area contributed by atoms with Crippen molar-refractivity contribution in [3.05, 3.63) is 83.2 Å². The Labute approximate surface area is 164 Å². The van der Waals surface area contributed by atoms with Gasteiger partial charge in [0.05, 0.1) is 23.3 Å². The maximum Gasteiger partial charge on any atom is 0.254 e. The summed E-state index contributed by atoms with van der Waals surface area (Å²) in [4.78, 5) is 14.7. The van der Waals surface area contributed by atoms with Gasteiger partial charge in [-0.25, -0.2) is 13.1 Å². The molecule has 0 aliphatic carbocycles. The zero-order valence-corrected chi connectivity index (χ0v) is 16.4. The first-order chi connectivity index (χ1) is 13.4. The van der Waals surface area contributed by atoms with Crippen molar-refractivity contribution in [1.82, 2.24) is 14.7 Å². The molecule has 1 amide bonds. The van der Waals surface area contributed by atoms with Crippen molar-refractivity contribution in [3.63, 3.8) is 0 Å². The summed E-state index contributed by atoms with van der Waals surface area (Å²) in [6, 6.07) is 16.8. The summed E-state index contributed by atoms with van der Waals surface area (Å²) in [6.07, 6.45) is 3.74. The van der Waals surface area contributed by atoms with Gasteiger partial charge in [-0.1, -0.05) is 30.3 Å². The molecule has 0 saturated heterocycles. The van der Waals surface area contributed by atoms with Crippen LogP contribution in [0, 0.1) is 0 Å². The van der Waals surface area contributed by atoms with Crippen molar-refractivity contribution in [2.75, 3.05) is 12.8 Å². The van der Waals surface area contributed by atoms with Gasteiger partial charge in [-0.3, -0.25) is 4.79 Å². The summed E-state index contributed by atoms with van der Waals surface area (Å²) >= 11 is 0. The van der Waals surface area contributed by atoms with E-state index < -0.39 is 9.84 Å². The predicted octanol–water partition coefficient (Wildman–Crippen LogP) is 2.62. The zero-order chi connectivity index (χ0) is 19.7. The second kappa shape index (κ2) is 7.24. The molecule has 0 N–H and O–H groups in total. The van der Waals surface area contributed by atoms with E-state index in [-0.39, 0.29) is 11.7 Å². The standard InChI is InChI=1S/C21H21N3O3S/c1-28(26,27)15-16-6-5-7-17(12-16)21(25)23-11-10-20-18(14-23)13-22-24(20)19-8-3-2-4-9-19/h2-9,12-13H,10-11,14-15H2,1H3. The van der Waals surface area contributed by atoms with Gasteiger partial charge < -0.3 is 4.90 Å². The molecular weight excluding hydrogens is 374 g/mol. The van der Waals surface area contributed by atoms with E-state index >= 15 is 0 Å². The highest BCUT2D eigenvalue weighted by Crippen LogP contribution is 2.23. The van der Waals surface area contributed by atoms with Crippen LogP contribution in [0.5, 0.6) is 0 Å². The number of amides is 1. The lowest BCUT2D eigenvalue weighted by Gasteiger charge is -2.27. The average Bonchev–Trinajstić information content (AvgIpc) is 3.10. The molecule has 0 unspecified atom stereocenters. The number of benzene rings is 2. The summed E-state index contributed by atoms with van der Waals surface area (Å²) < 4.78 is 25.0. The van der Waals surface area contributed by atoms with Crippen molar-refractivity contribution >= 4 is 15.7 Å². The number of hydrogen-bond acceptors (Lipinski definition) is 4. The third kappa shape index (κ3) is 3.84. The van der Waals surface area contributed by atoms with E-state index in [0.717, 1.165) is 23.4 Å². The maximum atomic E-state index is 13.0. The molecule has 6 nitrogen and oxygen atoms in total. The van der Waals surface area contributed by atoms with Crippen molar-refractivity contribution in [2.24, 2.45) is 0 Å². The van der Waals surface area contributed by atoms with Gasteiger partial charge in [-0.15, -0.1) is 0 Å². The smallest absolute Gasteiger partial charge is 0.254 e. The highest BCUT2D eigenvalue weighted by atomic mass is 32.2. The van der Waals surface area contributed by atoms with E-state index in [1.807, 2.05) is 41.2 Å². The Bertz CT molecular complexity index is 1120. The molecule has 144 valence electrons. The first-order valence-electron chi connectivity index (χ1n) is 9.08. The first-order valence-corrected chi connectivity index (χ1v) is 11.1. The SMILES string of the molecule is CS(=O)(=O)Cc1cccc(C(=O)N2CCc3c(cnn3-c3ccccc3)C2)c1. The van der Waals surface area contributed by atoms with E-state index in [0.29, 0.717) is 24.2 Å². The van der Waals surface area contributed by atoms with Crippen molar-refractivity contribution in [2.45, 2.75) is 18.7 Å². The predicted molar refractivity (Wildman–Crippen MR) is 107 cm³/mol. The Morgan fingerprint density at radius 3 is 2.64 bits per heavy atom. The van der Waals surface area contributed by atoms with Gasteiger partial charge in [0.1, 0.15) is 0 Å².